The van der Waals surface area contributed by atoms with Crippen molar-refractivity contribution in [2.24, 2.45) is 0 Å². The molecule has 122 valence electrons. The molecule has 6 heteroatoms. The minimum Gasteiger partial charge on any atom is -0.352 e. The largest absolute Gasteiger partial charge is 0.352 e. The highest BCUT2D eigenvalue weighted by Gasteiger charge is 2.26. The van der Waals surface area contributed by atoms with Crippen LogP contribution >= 0.6 is 23.2 Å². The molecule has 1 saturated carbocycles. The van der Waals surface area contributed by atoms with Crippen LogP contribution in [-0.2, 0) is 0 Å². The second kappa shape index (κ2) is 6.93. The van der Waals surface area contributed by atoms with Gasteiger partial charge in [0.2, 0.25) is 5.95 Å². The van der Waals surface area contributed by atoms with Crippen molar-refractivity contribution < 1.29 is 0 Å². The molecule has 1 aliphatic rings. The summed E-state index contributed by atoms with van der Waals surface area (Å²) in [6.45, 7) is 4.25. The highest BCUT2D eigenvalue weighted by molar-refractivity contribution is 6.35. The molecule has 1 aliphatic carbocycles. The number of benzene rings is 1. The molecule has 0 aliphatic heterocycles. The summed E-state index contributed by atoms with van der Waals surface area (Å²) >= 11 is 12.3. The number of hydrogen-bond donors (Lipinski definition) is 2. The van der Waals surface area contributed by atoms with Crippen molar-refractivity contribution in [3.05, 3.63) is 40.0 Å². The Kier molecular flexibility index (Phi) is 4.93. The van der Waals surface area contributed by atoms with Crippen LogP contribution in [0.5, 0.6) is 0 Å². The molecule has 0 spiro atoms. The fourth-order valence-corrected chi connectivity index (χ4v) is 2.57. The smallest absolute Gasteiger partial charge is 0.225 e. The Hall–Kier alpha value is -1.52. The van der Waals surface area contributed by atoms with Crippen LogP contribution in [0.4, 0.5) is 17.5 Å². The van der Waals surface area contributed by atoms with Crippen molar-refractivity contribution in [1.29, 1.82) is 0 Å². The van der Waals surface area contributed by atoms with Gasteiger partial charge in [-0.1, -0.05) is 30.1 Å². The first-order valence-electron chi connectivity index (χ1n) is 7.92. The molecule has 1 aromatic carbocycles. The number of halogens is 2. The zero-order chi connectivity index (χ0) is 16.4. The van der Waals surface area contributed by atoms with Gasteiger partial charge < -0.3 is 10.6 Å². The van der Waals surface area contributed by atoms with E-state index in [1.165, 1.54) is 12.8 Å². The van der Waals surface area contributed by atoms with Gasteiger partial charge in [0.1, 0.15) is 5.82 Å². The van der Waals surface area contributed by atoms with Gasteiger partial charge in [0.05, 0.1) is 16.4 Å². The van der Waals surface area contributed by atoms with Crippen molar-refractivity contribution in [2.45, 2.75) is 45.1 Å². The predicted molar refractivity (Wildman–Crippen MR) is 97.1 cm³/mol. The van der Waals surface area contributed by atoms with Crippen LogP contribution in [0.3, 0.4) is 0 Å². The number of rotatable bonds is 6. The predicted octanol–water partition coefficient (Wildman–Crippen LogP) is 5.61. The summed E-state index contributed by atoms with van der Waals surface area (Å²) in [6.07, 6.45) is 3.40. The van der Waals surface area contributed by atoms with Crippen molar-refractivity contribution in [3.63, 3.8) is 0 Å². The van der Waals surface area contributed by atoms with E-state index < -0.39 is 0 Å². The third kappa shape index (κ3) is 4.27. The average Bonchev–Trinajstić information content (AvgIpc) is 3.35. The zero-order valence-corrected chi connectivity index (χ0v) is 14.7. The second-order valence-corrected chi connectivity index (χ2v) is 6.82. The normalized spacial score (nSPS) is 15.3. The standard InChI is InChI=1S/C17H20Cl2N4/c1-3-10(2)20-17-22-14(11-4-5-11)9-16(23-17)21-15-8-12(18)6-7-13(15)19/h6-11H,3-5H2,1-2H3,(H2,20,21,22,23)/t10-/m0/s1. The maximum atomic E-state index is 6.23. The third-order valence-corrected chi connectivity index (χ3v) is 4.49. The highest BCUT2D eigenvalue weighted by Crippen LogP contribution is 2.40. The summed E-state index contributed by atoms with van der Waals surface area (Å²) in [7, 11) is 0. The molecule has 0 unspecified atom stereocenters. The molecule has 4 nitrogen and oxygen atoms in total. The summed E-state index contributed by atoms with van der Waals surface area (Å²) in [5.74, 6) is 1.94. The van der Waals surface area contributed by atoms with E-state index in [1.807, 2.05) is 6.07 Å². The molecule has 0 radical (unpaired) electrons. The lowest BCUT2D eigenvalue weighted by Crippen LogP contribution is -2.16. The van der Waals surface area contributed by atoms with Gasteiger partial charge in [0.15, 0.2) is 0 Å². The molecule has 3 rings (SSSR count). The van der Waals surface area contributed by atoms with E-state index in [1.54, 1.807) is 18.2 Å². The van der Waals surface area contributed by atoms with E-state index in [0.29, 0.717) is 28.0 Å². The van der Waals surface area contributed by atoms with E-state index in [9.17, 15) is 0 Å². The maximum absolute atomic E-state index is 6.23. The van der Waals surface area contributed by atoms with Crippen LogP contribution in [0.1, 0.15) is 44.7 Å². The Labute approximate surface area is 146 Å². The van der Waals surface area contributed by atoms with Gasteiger partial charge in [0, 0.05) is 23.0 Å². The Morgan fingerprint density at radius 2 is 2.00 bits per heavy atom. The van der Waals surface area contributed by atoms with Crippen molar-refractivity contribution in [3.8, 4) is 0 Å². The van der Waals surface area contributed by atoms with Crippen LogP contribution in [0, 0.1) is 0 Å². The highest BCUT2D eigenvalue weighted by atomic mass is 35.5. The van der Waals surface area contributed by atoms with Crippen molar-refractivity contribution >= 4 is 40.7 Å². The third-order valence-electron chi connectivity index (χ3n) is 3.92. The minimum absolute atomic E-state index is 0.326. The summed E-state index contributed by atoms with van der Waals surface area (Å²) < 4.78 is 0. The van der Waals surface area contributed by atoms with Crippen LogP contribution < -0.4 is 10.6 Å². The van der Waals surface area contributed by atoms with Crippen LogP contribution in [0.15, 0.2) is 24.3 Å². The van der Waals surface area contributed by atoms with E-state index in [2.05, 4.69) is 34.4 Å². The van der Waals surface area contributed by atoms with E-state index >= 15 is 0 Å². The van der Waals surface area contributed by atoms with Crippen LogP contribution in [-0.4, -0.2) is 16.0 Å². The molecule has 1 heterocycles. The summed E-state index contributed by atoms with van der Waals surface area (Å²) in [6, 6.07) is 7.65. The molecule has 2 aromatic rings. The van der Waals surface area contributed by atoms with Gasteiger partial charge in [0.25, 0.3) is 0 Å². The first-order valence-corrected chi connectivity index (χ1v) is 8.68. The Morgan fingerprint density at radius 1 is 1.22 bits per heavy atom. The van der Waals surface area contributed by atoms with Crippen LogP contribution in [0.25, 0.3) is 0 Å². The van der Waals surface area contributed by atoms with E-state index in [4.69, 9.17) is 23.2 Å². The topological polar surface area (TPSA) is 49.8 Å². The maximum Gasteiger partial charge on any atom is 0.225 e. The fraction of sp³-hybridized carbons (Fsp3) is 0.412. The van der Waals surface area contributed by atoms with Crippen LogP contribution in [0.2, 0.25) is 10.0 Å². The molecule has 1 aromatic heterocycles. The van der Waals surface area contributed by atoms with Gasteiger partial charge in [-0.25, -0.2) is 4.98 Å². The van der Waals surface area contributed by atoms with E-state index in [-0.39, 0.29) is 0 Å². The molecule has 0 amide bonds. The lowest BCUT2D eigenvalue weighted by Gasteiger charge is -2.15. The lowest BCUT2D eigenvalue weighted by molar-refractivity contribution is 0.750. The molecule has 1 atom stereocenters. The van der Waals surface area contributed by atoms with Crippen molar-refractivity contribution in [1.82, 2.24) is 9.97 Å². The number of hydrogen-bond acceptors (Lipinski definition) is 4. The van der Waals surface area contributed by atoms with Gasteiger partial charge in [-0.2, -0.15) is 4.98 Å². The quantitative estimate of drug-likeness (QED) is 0.710. The summed E-state index contributed by atoms with van der Waals surface area (Å²) in [4.78, 5) is 9.21. The second-order valence-electron chi connectivity index (χ2n) is 5.98. The first-order chi connectivity index (χ1) is 11.0. The Bertz CT molecular complexity index is 701. The van der Waals surface area contributed by atoms with Gasteiger partial charge in [-0.3, -0.25) is 0 Å². The lowest BCUT2D eigenvalue weighted by atomic mass is 10.2. The molecular weight excluding hydrogens is 331 g/mol. The molecule has 23 heavy (non-hydrogen) atoms. The van der Waals surface area contributed by atoms with Gasteiger partial charge in [-0.05, 0) is 44.4 Å². The summed E-state index contributed by atoms with van der Waals surface area (Å²) in [5, 5.41) is 7.85. The first kappa shape index (κ1) is 16.3. The Morgan fingerprint density at radius 3 is 2.70 bits per heavy atom. The average molecular weight is 351 g/mol. The van der Waals surface area contributed by atoms with E-state index in [0.717, 1.165) is 23.6 Å². The number of nitrogens with zero attached hydrogens (tertiary/aromatic N) is 2. The minimum atomic E-state index is 0.326. The van der Waals surface area contributed by atoms with Crippen molar-refractivity contribution in [2.75, 3.05) is 10.6 Å². The monoisotopic (exact) mass is 350 g/mol. The molecule has 2 N–H and O–H groups in total. The summed E-state index contributed by atoms with van der Waals surface area (Å²) in [5.41, 5.74) is 1.82. The number of anilines is 3. The molecule has 0 saturated heterocycles. The molecule has 0 bridgehead atoms. The zero-order valence-electron chi connectivity index (χ0n) is 13.2. The number of aromatic nitrogens is 2. The SMILES string of the molecule is CC[C@H](C)Nc1nc(Nc2cc(Cl)ccc2Cl)cc(C2CC2)n1. The molecular formula is C17H20Cl2N4. The fourth-order valence-electron chi connectivity index (χ4n) is 2.24. The van der Waals surface area contributed by atoms with Gasteiger partial charge in [-0.15, -0.1) is 0 Å². The molecule has 1 fully saturated rings. The van der Waals surface area contributed by atoms with Gasteiger partial charge >= 0.3 is 0 Å². The Balaban J connectivity index is 1.89. The number of nitrogens with one attached hydrogen (secondary N) is 2.